The normalized spacial score (nSPS) is 10.1. The van der Waals surface area contributed by atoms with Crippen LogP contribution in [0.15, 0.2) is 41.1 Å². The Morgan fingerprint density at radius 2 is 1.94 bits per heavy atom. The van der Waals surface area contributed by atoms with E-state index in [4.69, 9.17) is 5.73 Å². The molecule has 2 rings (SSSR count). The average Bonchev–Trinajstić information content (AvgIpc) is 2.80. The molecule has 0 aliphatic carbocycles. The SMILES string of the molecule is NC(=O)Cc1ccc(NCc2ccsc2)cc1. The molecule has 1 aromatic heterocycles. The van der Waals surface area contributed by atoms with Gasteiger partial charge in [0.05, 0.1) is 6.42 Å². The number of carbonyl (C=O) groups is 1. The van der Waals surface area contributed by atoms with Crippen molar-refractivity contribution < 1.29 is 4.79 Å². The molecule has 3 nitrogen and oxygen atoms in total. The van der Waals surface area contributed by atoms with Gasteiger partial charge in [0.15, 0.2) is 0 Å². The predicted molar refractivity (Wildman–Crippen MR) is 71.0 cm³/mol. The largest absolute Gasteiger partial charge is 0.381 e. The number of nitrogens with two attached hydrogens (primary N) is 1. The first-order chi connectivity index (χ1) is 8.24. The first kappa shape index (κ1) is 11.7. The molecule has 0 spiro atoms. The van der Waals surface area contributed by atoms with Crippen molar-refractivity contribution in [3.63, 3.8) is 0 Å². The molecule has 0 atom stereocenters. The molecule has 17 heavy (non-hydrogen) atoms. The summed E-state index contributed by atoms with van der Waals surface area (Å²) in [5, 5.41) is 7.50. The van der Waals surface area contributed by atoms with Crippen LogP contribution in [-0.4, -0.2) is 5.91 Å². The molecular weight excluding hydrogens is 232 g/mol. The fraction of sp³-hybridized carbons (Fsp3) is 0.154. The lowest BCUT2D eigenvalue weighted by molar-refractivity contribution is -0.117. The molecule has 0 saturated heterocycles. The van der Waals surface area contributed by atoms with Crippen molar-refractivity contribution in [2.24, 2.45) is 5.73 Å². The molecule has 0 unspecified atom stereocenters. The topological polar surface area (TPSA) is 55.1 Å². The Labute approximate surface area is 104 Å². The van der Waals surface area contributed by atoms with Crippen molar-refractivity contribution in [3.8, 4) is 0 Å². The molecule has 0 aliphatic heterocycles. The van der Waals surface area contributed by atoms with Crippen molar-refractivity contribution >= 4 is 22.9 Å². The molecule has 1 heterocycles. The third-order valence-electron chi connectivity index (χ3n) is 2.41. The highest BCUT2D eigenvalue weighted by Gasteiger charge is 1.99. The van der Waals surface area contributed by atoms with Gasteiger partial charge in [-0.2, -0.15) is 11.3 Å². The number of anilines is 1. The molecule has 4 heteroatoms. The van der Waals surface area contributed by atoms with Crippen LogP contribution in [-0.2, 0) is 17.8 Å². The molecule has 2 aromatic rings. The molecule has 1 aromatic carbocycles. The van der Waals surface area contributed by atoms with Gasteiger partial charge in [0.2, 0.25) is 5.91 Å². The lowest BCUT2D eigenvalue weighted by atomic mass is 10.1. The molecule has 3 N–H and O–H groups in total. The Hall–Kier alpha value is -1.81. The highest BCUT2D eigenvalue weighted by Crippen LogP contribution is 2.13. The van der Waals surface area contributed by atoms with Gasteiger partial charge in [0.25, 0.3) is 0 Å². The lowest BCUT2D eigenvalue weighted by Crippen LogP contribution is -2.13. The van der Waals surface area contributed by atoms with Gasteiger partial charge in [0, 0.05) is 12.2 Å². The van der Waals surface area contributed by atoms with Crippen molar-refractivity contribution in [2.75, 3.05) is 5.32 Å². The van der Waals surface area contributed by atoms with E-state index >= 15 is 0 Å². The second-order valence-electron chi connectivity index (χ2n) is 3.83. The number of carbonyl (C=O) groups excluding carboxylic acids is 1. The number of rotatable bonds is 5. The molecular formula is C13H14N2OS. The van der Waals surface area contributed by atoms with Gasteiger partial charge in [-0.25, -0.2) is 0 Å². The fourth-order valence-electron chi connectivity index (χ4n) is 1.54. The van der Waals surface area contributed by atoms with Gasteiger partial charge < -0.3 is 11.1 Å². The number of hydrogen-bond donors (Lipinski definition) is 2. The van der Waals surface area contributed by atoms with Crippen LogP contribution >= 0.6 is 11.3 Å². The molecule has 88 valence electrons. The summed E-state index contributed by atoms with van der Waals surface area (Å²) in [7, 11) is 0. The number of primary amides is 1. The Balaban J connectivity index is 1.91. The first-order valence-electron chi connectivity index (χ1n) is 5.36. The van der Waals surface area contributed by atoms with E-state index in [9.17, 15) is 4.79 Å². The number of thiophene rings is 1. The number of hydrogen-bond acceptors (Lipinski definition) is 3. The Morgan fingerprint density at radius 3 is 2.53 bits per heavy atom. The van der Waals surface area contributed by atoms with E-state index in [0.717, 1.165) is 17.8 Å². The van der Waals surface area contributed by atoms with Gasteiger partial charge in [-0.15, -0.1) is 0 Å². The zero-order valence-electron chi connectivity index (χ0n) is 9.35. The number of nitrogens with one attached hydrogen (secondary N) is 1. The first-order valence-corrected chi connectivity index (χ1v) is 6.30. The molecule has 1 amide bonds. The fourth-order valence-corrected chi connectivity index (χ4v) is 2.21. The molecule has 0 aliphatic rings. The molecule has 0 bridgehead atoms. The van der Waals surface area contributed by atoms with E-state index in [1.54, 1.807) is 11.3 Å². The zero-order valence-corrected chi connectivity index (χ0v) is 10.2. The summed E-state index contributed by atoms with van der Waals surface area (Å²) in [6.45, 7) is 0.818. The standard InChI is InChI=1S/C13H14N2OS/c14-13(16)7-10-1-3-12(4-2-10)15-8-11-5-6-17-9-11/h1-6,9,15H,7-8H2,(H2,14,16). The maximum Gasteiger partial charge on any atom is 0.221 e. The summed E-state index contributed by atoms with van der Waals surface area (Å²) in [4.78, 5) is 10.7. The summed E-state index contributed by atoms with van der Waals surface area (Å²) in [6, 6.07) is 9.86. The molecule has 0 fully saturated rings. The molecule has 0 saturated carbocycles. The lowest BCUT2D eigenvalue weighted by Gasteiger charge is -2.05. The van der Waals surface area contributed by atoms with Gasteiger partial charge in [0.1, 0.15) is 0 Å². The van der Waals surface area contributed by atoms with E-state index in [2.05, 4.69) is 22.1 Å². The quantitative estimate of drug-likeness (QED) is 0.851. The van der Waals surface area contributed by atoms with Crippen molar-refractivity contribution in [2.45, 2.75) is 13.0 Å². The van der Waals surface area contributed by atoms with Crippen LogP contribution in [0.25, 0.3) is 0 Å². The summed E-state index contributed by atoms with van der Waals surface area (Å²) in [6.07, 6.45) is 0.296. The maximum absolute atomic E-state index is 10.7. The summed E-state index contributed by atoms with van der Waals surface area (Å²) in [5.41, 5.74) is 8.40. The summed E-state index contributed by atoms with van der Waals surface area (Å²) < 4.78 is 0. The minimum atomic E-state index is -0.302. The van der Waals surface area contributed by atoms with Gasteiger partial charge in [-0.1, -0.05) is 12.1 Å². The minimum absolute atomic E-state index is 0.296. The van der Waals surface area contributed by atoms with Crippen molar-refractivity contribution in [1.82, 2.24) is 0 Å². The highest BCUT2D eigenvalue weighted by molar-refractivity contribution is 7.07. The van der Waals surface area contributed by atoms with Crippen molar-refractivity contribution in [3.05, 3.63) is 52.2 Å². The van der Waals surface area contributed by atoms with Crippen LogP contribution in [0.1, 0.15) is 11.1 Å². The van der Waals surface area contributed by atoms with E-state index in [-0.39, 0.29) is 5.91 Å². The van der Waals surface area contributed by atoms with E-state index in [1.165, 1.54) is 5.56 Å². The minimum Gasteiger partial charge on any atom is -0.381 e. The van der Waals surface area contributed by atoms with Crippen LogP contribution in [0, 0.1) is 0 Å². The maximum atomic E-state index is 10.7. The van der Waals surface area contributed by atoms with Crippen LogP contribution in [0.2, 0.25) is 0 Å². The van der Waals surface area contributed by atoms with Gasteiger partial charge in [-0.3, -0.25) is 4.79 Å². The second kappa shape index (κ2) is 5.50. The van der Waals surface area contributed by atoms with Crippen LogP contribution in [0.3, 0.4) is 0 Å². The average molecular weight is 246 g/mol. The summed E-state index contributed by atoms with van der Waals surface area (Å²) >= 11 is 1.69. The predicted octanol–water partition coefficient (Wildman–Crippen LogP) is 2.39. The van der Waals surface area contributed by atoms with Gasteiger partial charge in [-0.05, 0) is 40.1 Å². The van der Waals surface area contributed by atoms with E-state index < -0.39 is 0 Å². The van der Waals surface area contributed by atoms with Crippen LogP contribution in [0.4, 0.5) is 5.69 Å². The summed E-state index contributed by atoms with van der Waals surface area (Å²) in [5.74, 6) is -0.302. The number of benzene rings is 1. The van der Waals surface area contributed by atoms with Crippen LogP contribution < -0.4 is 11.1 Å². The van der Waals surface area contributed by atoms with E-state index in [0.29, 0.717) is 6.42 Å². The Morgan fingerprint density at radius 1 is 1.18 bits per heavy atom. The highest BCUT2D eigenvalue weighted by atomic mass is 32.1. The van der Waals surface area contributed by atoms with Crippen molar-refractivity contribution in [1.29, 1.82) is 0 Å². The third-order valence-corrected chi connectivity index (χ3v) is 3.14. The molecule has 0 radical (unpaired) electrons. The zero-order chi connectivity index (χ0) is 12.1. The number of amides is 1. The Bertz CT molecular complexity index is 477. The Kier molecular flexibility index (Phi) is 3.77. The second-order valence-corrected chi connectivity index (χ2v) is 4.61. The van der Waals surface area contributed by atoms with Gasteiger partial charge >= 0.3 is 0 Å². The monoisotopic (exact) mass is 246 g/mol. The smallest absolute Gasteiger partial charge is 0.221 e. The third kappa shape index (κ3) is 3.60. The van der Waals surface area contributed by atoms with E-state index in [1.807, 2.05) is 24.3 Å². The van der Waals surface area contributed by atoms with Crippen LogP contribution in [0.5, 0.6) is 0 Å².